The maximum atomic E-state index is 13.7. The van der Waals surface area contributed by atoms with Crippen LogP contribution in [0.25, 0.3) is 0 Å². The van der Waals surface area contributed by atoms with Crippen LogP contribution >= 0.6 is 0 Å². The first kappa shape index (κ1) is 26.1. The third kappa shape index (κ3) is 8.04. The number of para-hydroxylation sites is 2. The van der Waals surface area contributed by atoms with Gasteiger partial charge in [-0.3, -0.25) is 19.3 Å². The van der Waals surface area contributed by atoms with Gasteiger partial charge in [0.25, 0.3) is 11.8 Å². The average Bonchev–Trinajstić information content (AvgIpc) is 2.87. The molecule has 0 radical (unpaired) electrons. The summed E-state index contributed by atoms with van der Waals surface area (Å²) in [6.45, 7) is 3.17. The first-order chi connectivity index (χ1) is 17.0. The first-order valence-electron chi connectivity index (χ1n) is 11.5. The van der Waals surface area contributed by atoms with Gasteiger partial charge in [0.05, 0.1) is 17.8 Å². The number of hydrogen-bond acceptors (Lipinski definition) is 6. The highest BCUT2D eigenvalue weighted by atomic mass is 19.1. The van der Waals surface area contributed by atoms with E-state index in [-0.39, 0.29) is 36.4 Å². The van der Waals surface area contributed by atoms with E-state index in [0.717, 1.165) is 6.42 Å². The van der Waals surface area contributed by atoms with E-state index < -0.39 is 11.7 Å². The van der Waals surface area contributed by atoms with Crippen LogP contribution in [0.3, 0.4) is 0 Å². The van der Waals surface area contributed by atoms with Gasteiger partial charge >= 0.3 is 0 Å². The van der Waals surface area contributed by atoms with Gasteiger partial charge in [-0.1, -0.05) is 24.3 Å². The number of benzene rings is 2. The summed E-state index contributed by atoms with van der Waals surface area (Å²) in [6.07, 6.45) is 0.761. The molecule has 9 nitrogen and oxygen atoms in total. The molecule has 0 aromatic heterocycles. The summed E-state index contributed by atoms with van der Waals surface area (Å²) < 4.78 is 24.3. The zero-order chi connectivity index (χ0) is 25.0. The van der Waals surface area contributed by atoms with Gasteiger partial charge in [-0.15, -0.1) is 0 Å². The van der Waals surface area contributed by atoms with E-state index in [0.29, 0.717) is 44.9 Å². The van der Waals surface area contributed by atoms with Crippen molar-refractivity contribution < 1.29 is 28.2 Å². The van der Waals surface area contributed by atoms with Crippen molar-refractivity contribution in [1.29, 1.82) is 0 Å². The summed E-state index contributed by atoms with van der Waals surface area (Å²) in [4.78, 5) is 41.1. The van der Waals surface area contributed by atoms with Crippen molar-refractivity contribution in [3.8, 4) is 5.75 Å². The molecule has 1 fully saturated rings. The molecule has 3 rings (SSSR count). The summed E-state index contributed by atoms with van der Waals surface area (Å²) >= 11 is 0. The molecular formula is C25H31FN4O5. The topological polar surface area (TPSA) is 100 Å². The van der Waals surface area contributed by atoms with Crippen molar-refractivity contribution in [2.24, 2.45) is 0 Å². The number of anilines is 1. The third-order valence-electron chi connectivity index (χ3n) is 5.50. The van der Waals surface area contributed by atoms with Crippen LogP contribution in [-0.2, 0) is 14.3 Å². The molecule has 0 spiro atoms. The number of carbonyl (C=O) groups excluding carboxylic acids is 3. The van der Waals surface area contributed by atoms with Crippen LogP contribution in [-0.4, -0.2) is 87.1 Å². The maximum Gasteiger partial charge on any atom is 0.262 e. The molecule has 0 bridgehead atoms. The minimum Gasteiger partial charge on any atom is -0.483 e. The fourth-order valence-electron chi connectivity index (χ4n) is 3.64. The number of halogens is 1. The monoisotopic (exact) mass is 486 g/mol. The Labute approximate surface area is 204 Å². The summed E-state index contributed by atoms with van der Waals surface area (Å²) in [7, 11) is 1.62. The lowest BCUT2D eigenvalue weighted by molar-refractivity contribution is -0.122. The van der Waals surface area contributed by atoms with E-state index in [2.05, 4.69) is 10.6 Å². The predicted molar refractivity (Wildman–Crippen MR) is 129 cm³/mol. The Kier molecular flexibility index (Phi) is 10.00. The number of carbonyl (C=O) groups is 3. The van der Waals surface area contributed by atoms with Crippen LogP contribution in [0, 0.1) is 5.82 Å². The van der Waals surface area contributed by atoms with Gasteiger partial charge in [0.15, 0.2) is 6.61 Å². The molecule has 35 heavy (non-hydrogen) atoms. The van der Waals surface area contributed by atoms with Gasteiger partial charge in [0, 0.05) is 46.4 Å². The zero-order valence-electron chi connectivity index (χ0n) is 19.8. The van der Waals surface area contributed by atoms with Crippen LogP contribution in [0.5, 0.6) is 5.75 Å². The molecule has 1 saturated heterocycles. The molecule has 10 heteroatoms. The fraction of sp³-hybridized carbons (Fsp3) is 0.400. The lowest BCUT2D eigenvalue weighted by Gasteiger charge is -2.34. The second-order valence-corrected chi connectivity index (χ2v) is 8.08. The molecule has 2 N–H and O–H groups in total. The molecule has 1 aliphatic heterocycles. The Morgan fingerprint density at radius 3 is 2.43 bits per heavy atom. The van der Waals surface area contributed by atoms with Crippen molar-refractivity contribution in [3.63, 3.8) is 0 Å². The molecule has 0 unspecified atom stereocenters. The van der Waals surface area contributed by atoms with Crippen molar-refractivity contribution in [2.45, 2.75) is 6.42 Å². The fourth-order valence-corrected chi connectivity index (χ4v) is 3.64. The van der Waals surface area contributed by atoms with E-state index in [1.165, 1.54) is 18.2 Å². The van der Waals surface area contributed by atoms with E-state index in [9.17, 15) is 18.8 Å². The Balaban J connectivity index is 1.48. The van der Waals surface area contributed by atoms with Crippen molar-refractivity contribution in [2.75, 3.05) is 64.9 Å². The standard InChI is InChI=1S/C25H31FN4O5/c1-34-16-6-11-27-23(31)17-29-12-14-30(15-13-29)25(33)19-7-2-5-10-22(19)35-18-24(32)28-21-9-4-3-8-20(21)26/h2-5,7-10H,6,11-18H2,1H3,(H,27,31)(H,28,32). The van der Waals surface area contributed by atoms with Gasteiger partial charge in [0.1, 0.15) is 11.6 Å². The predicted octanol–water partition coefficient (Wildman–Crippen LogP) is 1.75. The normalized spacial score (nSPS) is 13.8. The highest BCUT2D eigenvalue weighted by Gasteiger charge is 2.25. The SMILES string of the molecule is COCCCNC(=O)CN1CCN(C(=O)c2ccccc2OCC(=O)Nc2ccccc2F)CC1. The van der Waals surface area contributed by atoms with Gasteiger partial charge < -0.3 is 25.0 Å². The lowest BCUT2D eigenvalue weighted by Crippen LogP contribution is -2.51. The number of hydrogen-bond donors (Lipinski definition) is 2. The van der Waals surface area contributed by atoms with Crippen LogP contribution in [0.15, 0.2) is 48.5 Å². The van der Waals surface area contributed by atoms with Gasteiger partial charge in [-0.25, -0.2) is 4.39 Å². The van der Waals surface area contributed by atoms with Gasteiger partial charge in [0.2, 0.25) is 5.91 Å². The van der Waals surface area contributed by atoms with E-state index in [4.69, 9.17) is 9.47 Å². The smallest absolute Gasteiger partial charge is 0.262 e. The van der Waals surface area contributed by atoms with Crippen LogP contribution in [0.2, 0.25) is 0 Å². The van der Waals surface area contributed by atoms with E-state index in [1.54, 1.807) is 42.3 Å². The molecular weight excluding hydrogens is 455 g/mol. The molecule has 2 aromatic rings. The number of methoxy groups -OCH3 is 1. The van der Waals surface area contributed by atoms with Gasteiger partial charge in [-0.05, 0) is 30.7 Å². The maximum absolute atomic E-state index is 13.7. The molecule has 1 aliphatic rings. The Morgan fingerprint density at radius 1 is 0.971 bits per heavy atom. The summed E-state index contributed by atoms with van der Waals surface area (Å²) in [5, 5.41) is 5.32. The number of nitrogens with zero attached hydrogens (tertiary/aromatic N) is 2. The summed E-state index contributed by atoms with van der Waals surface area (Å²) in [5.74, 6) is -1.06. The molecule has 1 heterocycles. The Hall–Kier alpha value is -3.50. The molecule has 3 amide bonds. The number of rotatable bonds is 11. The zero-order valence-corrected chi connectivity index (χ0v) is 19.8. The molecule has 188 valence electrons. The van der Waals surface area contributed by atoms with Crippen molar-refractivity contribution >= 4 is 23.4 Å². The average molecular weight is 487 g/mol. The van der Waals surface area contributed by atoms with Crippen molar-refractivity contribution in [1.82, 2.24) is 15.1 Å². The van der Waals surface area contributed by atoms with Crippen LogP contribution in [0.4, 0.5) is 10.1 Å². The quantitative estimate of drug-likeness (QED) is 0.470. The highest BCUT2D eigenvalue weighted by Crippen LogP contribution is 2.21. The lowest BCUT2D eigenvalue weighted by atomic mass is 10.1. The van der Waals surface area contributed by atoms with E-state index >= 15 is 0 Å². The number of nitrogens with one attached hydrogen (secondary N) is 2. The summed E-state index contributed by atoms with van der Waals surface area (Å²) in [6, 6.07) is 12.5. The van der Waals surface area contributed by atoms with Crippen LogP contribution < -0.4 is 15.4 Å². The van der Waals surface area contributed by atoms with E-state index in [1.807, 2.05) is 4.90 Å². The molecule has 2 aromatic carbocycles. The third-order valence-corrected chi connectivity index (χ3v) is 5.50. The second kappa shape index (κ2) is 13.4. The largest absolute Gasteiger partial charge is 0.483 e. The minimum atomic E-state index is -0.542. The molecule has 0 aliphatic carbocycles. The van der Waals surface area contributed by atoms with Crippen LogP contribution in [0.1, 0.15) is 16.8 Å². The number of amides is 3. The molecule has 0 atom stereocenters. The van der Waals surface area contributed by atoms with Crippen molar-refractivity contribution in [3.05, 3.63) is 59.9 Å². The summed E-state index contributed by atoms with van der Waals surface area (Å²) in [5.41, 5.74) is 0.405. The Bertz CT molecular complexity index is 1010. The Morgan fingerprint density at radius 2 is 1.69 bits per heavy atom. The number of piperazine rings is 1. The second-order valence-electron chi connectivity index (χ2n) is 8.08. The molecule has 0 saturated carbocycles. The number of ether oxygens (including phenoxy) is 2. The first-order valence-corrected chi connectivity index (χ1v) is 11.5. The van der Waals surface area contributed by atoms with Gasteiger partial charge in [-0.2, -0.15) is 0 Å². The highest BCUT2D eigenvalue weighted by molar-refractivity contribution is 5.97. The minimum absolute atomic E-state index is 0.0479.